The van der Waals surface area contributed by atoms with Crippen molar-refractivity contribution in [1.29, 1.82) is 0 Å². The fourth-order valence-electron chi connectivity index (χ4n) is 4.41. The summed E-state index contributed by atoms with van der Waals surface area (Å²) in [4.78, 5) is 26.2. The van der Waals surface area contributed by atoms with Crippen LogP contribution in [0.2, 0.25) is 0 Å². The zero-order valence-corrected chi connectivity index (χ0v) is 15.1. The lowest BCUT2D eigenvalue weighted by atomic mass is 9.68. The van der Waals surface area contributed by atoms with Crippen LogP contribution in [-0.2, 0) is 21.2 Å². The Hall–Kier alpha value is -2.05. The first-order chi connectivity index (χ1) is 12.7. The molecule has 27 heavy (non-hydrogen) atoms. The topological polar surface area (TPSA) is 57.6 Å². The third kappa shape index (κ3) is 3.96. The number of rotatable bonds is 3. The van der Waals surface area contributed by atoms with E-state index in [0.717, 1.165) is 31.4 Å². The van der Waals surface area contributed by atoms with Crippen LogP contribution in [0.1, 0.15) is 56.1 Å². The average molecular weight is 383 g/mol. The smallest absolute Gasteiger partial charge is 0.416 e. The molecule has 0 bridgehead atoms. The molecule has 1 saturated carbocycles. The molecule has 148 valence electrons. The van der Waals surface area contributed by atoms with E-state index in [1.165, 1.54) is 6.07 Å². The summed E-state index contributed by atoms with van der Waals surface area (Å²) in [5.74, 6) is -1.46. The van der Waals surface area contributed by atoms with Crippen LogP contribution in [0.5, 0.6) is 0 Å². The van der Waals surface area contributed by atoms with E-state index in [0.29, 0.717) is 44.3 Å². The summed E-state index contributed by atoms with van der Waals surface area (Å²) in [6.45, 7) is 0.688. The van der Waals surface area contributed by atoms with Gasteiger partial charge in [-0.25, -0.2) is 0 Å². The highest BCUT2D eigenvalue weighted by atomic mass is 19.4. The number of halogens is 3. The minimum Gasteiger partial charge on any atom is -0.481 e. The van der Waals surface area contributed by atoms with Crippen LogP contribution >= 0.6 is 0 Å². The molecule has 1 aromatic carbocycles. The van der Waals surface area contributed by atoms with Crippen molar-refractivity contribution in [2.24, 2.45) is 5.92 Å². The highest BCUT2D eigenvalue weighted by Gasteiger charge is 2.45. The molecular formula is C20H24F3NO3. The van der Waals surface area contributed by atoms with Crippen LogP contribution in [0, 0.1) is 5.92 Å². The second-order valence-corrected chi connectivity index (χ2v) is 7.63. The third-order valence-corrected chi connectivity index (χ3v) is 5.99. The van der Waals surface area contributed by atoms with Crippen molar-refractivity contribution in [1.82, 2.24) is 4.90 Å². The molecule has 2 aliphatic rings. The molecule has 1 heterocycles. The lowest BCUT2D eigenvalue weighted by Gasteiger charge is -2.42. The quantitative estimate of drug-likeness (QED) is 0.850. The second kappa shape index (κ2) is 7.52. The molecule has 1 N–H and O–H groups in total. The Bertz CT molecular complexity index is 703. The highest BCUT2D eigenvalue weighted by molar-refractivity contribution is 5.88. The number of amides is 1. The predicted molar refractivity (Wildman–Crippen MR) is 93.1 cm³/mol. The van der Waals surface area contributed by atoms with Gasteiger partial charge in [0.15, 0.2) is 0 Å². The predicted octanol–water partition coefficient (Wildman–Crippen LogP) is 4.23. The number of hydrogen-bond donors (Lipinski definition) is 1. The molecule has 4 nitrogen and oxygen atoms in total. The van der Waals surface area contributed by atoms with E-state index in [-0.39, 0.29) is 5.91 Å². The molecule has 0 spiro atoms. The molecular weight excluding hydrogens is 359 g/mol. The van der Waals surface area contributed by atoms with Crippen molar-refractivity contribution < 1.29 is 27.9 Å². The standard InChI is InChI=1S/C20H24F3NO3/c21-20(22,23)16-6-4-5-15(13-16)19(9-2-1-3-10-19)18(27)24-11-7-14(8-12-24)17(25)26/h4-6,13-14H,1-3,7-12H2,(H,25,26). The Morgan fingerprint density at radius 1 is 1.07 bits per heavy atom. The van der Waals surface area contributed by atoms with Crippen molar-refractivity contribution >= 4 is 11.9 Å². The van der Waals surface area contributed by atoms with Crippen molar-refractivity contribution in [2.75, 3.05) is 13.1 Å². The molecule has 0 aromatic heterocycles. The van der Waals surface area contributed by atoms with Crippen molar-refractivity contribution in [3.05, 3.63) is 35.4 Å². The van der Waals surface area contributed by atoms with E-state index >= 15 is 0 Å². The molecule has 0 unspecified atom stereocenters. The van der Waals surface area contributed by atoms with Gasteiger partial charge in [0, 0.05) is 13.1 Å². The maximum atomic E-state index is 13.4. The molecule has 0 radical (unpaired) electrons. The zero-order valence-electron chi connectivity index (χ0n) is 15.1. The van der Waals surface area contributed by atoms with Crippen molar-refractivity contribution in [3.8, 4) is 0 Å². The molecule has 7 heteroatoms. The van der Waals surface area contributed by atoms with Gasteiger partial charge in [-0.3, -0.25) is 9.59 Å². The minimum absolute atomic E-state index is 0.148. The summed E-state index contributed by atoms with van der Waals surface area (Å²) in [7, 11) is 0. The first-order valence-electron chi connectivity index (χ1n) is 9.44. The van der Waals surface area contributed by atoms with Gasteiger partial charge in [0.1, 0.15) is 0 Å². The number of nitrogens with zero attached hydrogens (tertiary/aromatic N) is 1. The van der Waals surface area contributed by atoms with Crippen LogP contribution in [0.25, 0.3) is 0 Å². The number of carboxylic acid groups (broad SMARTS) is 1. The Morgan fingerprint density at radius 3 is 2.26 bits per heavy atom. The maximum Gasteiger partial charge on any atom is 0.416 e. The number of hydrogen-bond acceptors (Lipinski definition) is 2. The summed E-state index contributed by atoms with van der Waals surface area (Å²) in [6.07, 6.45) is -0.0392. The normalized spacial score (nSPS) is 21.1. The van der Waals surface area contributed by atoms with E-state index < -0.39 is 29.0 Å². The van der Waals surface area contributed by atoms with Gasteiger partial charge in [-0.1, -0.05) is 37.5 Å². The number of piperidine rings is 1. The average Bonchev–Trinajstić information content (AvgIpc) is 2.67. The number of carbonyl (C=O) groups is 2. The lowest BCUT2D eigenvalue weighted by Crippen LogP contribution is -2.51. The number of aliphatic carboxylic acids is 1. The number of alkyl halides is 3. The number of carboxylic acids is 1. The Morgan fingerprint density at radius 2 is 1.70 bits per heavy atom. The monoisotopic (exact) mass is 383 g/mol. The molecule has 1 aromatic rings. The summed E-state index contributed by atoms with van der Waals surface area (Å²) in [5, 5.41) is 9.14. The van der Waals surface area contributed by atoms with E-state index in [4.69, 9.17) is 5.11 Å². The van der Waals surface area contributed by atoms with Gasteiger partial charge in [-0.2, -0.15) is 13.2 Å². The number of likely N-dealkylation sites (tertiary alicyclic amines) is 1. The largest absolute Gasteiger partial charge is 0.481 e. The van der Waals surface area contributed by atoms with Crippen LogP contribution in [0.15, 0.2) is 24.3 Å². The van der Waals surface area contributed by atoms with Gasteiger partial charge in [0.25, 0.3) is 0 Å². The van der Waals surface area contributed by atoms with E-state index in [2.05, 4.69) is 0 Å². The molecule has 3 rings (SSSR count). The Balaban J connectivity index is 1.90. The van der Waals surface area contributed by atoms with E-state index in [9.17, 15) is 22.8 Å². The molecule has 1 saturated heterocycles. The first kappa shape index (κ1) is 19.7. The van der Waals surface area contributed by atoms with Gasteiger partial charge >= 0.3 is 12.1 Å². The summed E-state index contributed by atoms with van der Waals surface area (Å²) < 4.78 is 39.5. The second-order valence-electron chi connectivity index (χ2n) is 7.63. The molecule has 2 fully saturated rings. The number of carbonyl (C=O) groups excluding carboxylic acids is 1. The van der Waals surface area contributed by atoms with Crippen molar-refractivity contribution in [2.45, 2.75) is 56.5 Å². The molecule has 0 atom stereocenters. The van der Waals surface area contributed by atoms with E-state index in [1.54, 1.807) is 11.0 Å². The van der Waals surface area contributed by atoms with Gasteiger partial charge < -0.3 is 10.0 Å². The Kier molecular flexibility index (Phi) is 5.49. The first-order valence-corrected chi connectivity index (χ1v) is 9.44. The highest BCUT2D eigenvalue weighted by Crippen LogP contribution is 2.43. The molecule has 1 aliphatic heterocycles. The van der Waals surface area contributed by atoms with Crippen LogP contribution < -0.4 is 0 Å². The summed E-state index contributed by atoms with van der Waals surface area (Å²) in [5.41, 5.74) is -1.24. The van der Waals surface area contributed by atoms with Gasteiger partial charge in [-0.05, 0) is 37.3 Å². The summed E-state index contributed by atoms with van der Waals surface area (Å²) >= 11 is 0. The van der Waals surface area contributed by atoms with Crippen molar-refractivity contribution in [3.63, 3.8) is 0 Å². The van der Waals surface area contributed by atoms with Gasteiger partial charge in [0.2, 0.25) is 5.91 Å². The fourth-order valence-corrected chi connectivity index (χ4v) is 4.41. The van der Waals surface area contributed by atoms with E-state index in [1.807, 2.05) is 0 Å². The van der Waals surface area contributed by atoms with Crippen LogP contribution in [0.3, 0.4) is 0 Å². The van der Waals surface area contributed by atoms with Crippen LogP contribution in [-0.4, -0.2) is 35.0 Å². The maximum absolute atomic E-state index is 13.4. The molecule has 1 aliphatic carbocycles. The lowest BCUT2D eigenvalue weighted by molar-refractivity contribution is -0.148. The summed E-state index contributed by atoms with van der Waals surface area (Å²) in [6, 6.07) is 5.15. The third-order valence-electron chi connectivity index (χ3n) is 5.99. The van der Waals surface area contributed by atoms with Gasteiger partial charge in [-0.15, -0.1) is 0 Å². The van der Waals surface area contributed by atoms with Gasteiger partial charge in [0.05, 0.1) is 16.9 Å². The molecule has 1 amide bonds. The fraction of sp³-hybridized carbons (Fsp3) is 0.600. The minimum atomic E-state index is -4.45. The number of benzene rings is 1. The Labute approximate surface area is 156 Å². The zero-order chi connectivity index (χ0) is 19.7. The van der Waals surface area contributed by atoms with Crippen LogP contribution in [0.4, 0.5) is 13.2 Å². The SMILES string of the molecule is O=C(O)C1CCN(C(=O)C2(c3cccc(C(F)(F)F)c3)CCCCC2)CC1.